The monoisotopic (exact) mass is 359 g/mol. The van der Waals surface area contributed by atoms with E-state index in [1.807, 2.05) is 0 Å². The number of rotatable bonds is 7. The summed E-state index contributed by atoms with van der Waals surface area (Å²) in [5, 5.41) is 0. The summed E-state index contributed by atoms with van der Waals surface area (Å²) in [6.45, 7) is 3.51. The molecule has 0 atom stereocenters. The van der Waals surface area contributed by atoms with Crippen molar-refractivity contribution in [1.82, 2.24) is 4.98 Å². The average Bonchev–Trinajstić information content (AvgIpc) is 2.67. The van der Waals surface area contributed by atoms with Gasteiger partial charge in [0.2, 0.25) is 0 Å². The molecule has 0 unspecified atom stereocenters. The summed E-state index contributed by atoms with van der Waals surface area (Å²) in [6, 6.07) is 6.38. The number of carbonyl (C=O) groups excluding carboxylic acids is 2. The van der Waals surface area contributed by atoms with Crippen LogP contribution in [0.4, 0.5) is 0 Å². The van der Waals surface area contributed by atoms with Gasteiger partial charge in [0.05, 0.1) is 25.5 Å². The van der Waals surface area contributed by atoms with Crippen LogP contribution in [0.25, 0.3) is 0 Å². The van der Waals surface area contributed by atoms with E-state index in [1.54, 1.807) is 38.2 Å². The van der Waals surface area contributed by atoms with Crippen LogP contribution in [0.1, 0.15) is 35.0 Å². The Hall–Kier alpha value is -3.09. The lowest BCUT2D eigenvalue weighted by Crippen LogP contribution is -2.11. The molecule has 26 heavy (non-hydrogen) atoms. The summed E-state index contributed by atoms with van der Waals surface area (Å²) >= 11 is 0. The SMILES string of the molecule is CCC(=O)OCc1cnc(C)c(OC(=O)c2ccc(OC)c(OC)c2)c1. The van der Waals surface area contributed by atoms with Crippen molar-refractivity contribution in [2.75, 3.05) is 14.2 Å². The van der Waals surface area contributed by atoms with Crippen molar-refractivity contribution < 1.29 is 28.5 Å². The van der Waals surface area contributed by atoms with Crippen LogP contribution in [0.3, 0.4) is 0 Å². The Labute approximate surface area is 151 Å². The first-order valence-corrected chi connectivity index (χ1v) is 8.03. The predicted molar refractivity (Wildman–Crippen MR) is 93.6 cm³/mol. The maximum absolute atomic E-state index is 12.4. The van der Waals surface area contributed by atoms with Crippen molar-refractivity contribution in [2.45, 2.75) is 26.9 Å². The molecule has 2 rings (SSSR count). The van der Waals surface area contributed by atoms with Crippen LogP contribution in [0.15, 0.2) is 30.5 Å². The molecule has 0 spiro atoms. The van der Waals surface area contributed by atoms with Crippen LogP contribution < -0.4 is 14.2 Å². The molecule has 0 aliphatic heterocycles. The summed E-state index contributed by atoms with van der Waals surface area (Å²) in [6.07, 6.45) is 1.87. The normalized spacial score (nSPS) is 10.2. The number of pyridine rings is 1. The third kappa shape index (κ3) is 4.72. The van der Waals surface area contributed by atoms with Gasteiger partial charge >= 0.3 is 11.9 Å². The Morgan fingerprint density at radius 3 is 2.42 bits per heavy atom. The number of nitrogens with zero attached hydrogens (tertiary/aromatic N) is 1. The van der Waals surface area contributed by atoms with E-state index in [-0.39, 0.29) is 12.6 Å². The minimum Gasteiger partial charge on any atom is -0.493 e. The van der Waals surface area contributed by atoms with E-state index in [1.165, 1.54) is 20.3 Å². The van der Waals surface area contributed by atoms with Gasteiger partial charge < -0.3 is 18.9 Å². The number of aromatic nitrogens is 1. The number of esters is 2. The van der Waals surface area contributed by atoms with Gasteiger partial charge in [-0.15, -0.1) is 0 Å². The second kappa shape index (κ2) is 8.84. The van der Waals surface area contributed by atoms with Crippen LogP contribution >= 0.6 is 0 Å². The van der Waals surface area contributed by atoms with Gasteiger partial charge in [-0.25, -0.2) is 4.79 Å². The highest BCUT2D eigenvalue weighted by Gasteiger charge is 2.15. The third-order valence-corrected chi connectivity index (χ3v) is 3.61. The fraction of sp³-hybridized carbons (Fsp3) is 0.316. The summed E-state index contributed by atoms with van der Waals surface area (Å²) in [7, 11) is 3.00. The average molecular weight is 359 g/mol. The lowest BCUT2D eigenvalue weighted by molar-refractivity contribution is -0.144. The number of benzene rings is 1. The summed E-state index contributed by atoms with van der Waals surface area (Å²) in [4.78, 5) is 27.9. The van der Waals surface area contributed by atoms with Crippen LogP contribution in [0.2, 0.25) is 0 Å². The fourth-order valence-electron chi connectivity index (χ4n) is 2.12. The topological polar surface area (TPSA) is 84.0 Å². The van der Waals surface area contributed by atoms with E-state index in [2.05, 4.69) is 4.98 Å². The number of aryl methyl sites for hydroxylation is 1. The molecule has 0 bridgehead atoms. The molecule has 0 aliphatic rings. The molecule has 0 aliphatic carbocycles. The van der Waals surface area contributed by atoms with Gasteiger partial charge in [-0.1, -0.05) is 6.92 Å². The van der Waals surface area contributed by atoms with Gasteiger partial charge in [0.15, 0.2) is 17.2 Å². The zero-order valence-electron chi connectivity index (χ0n) is 15.2. The summed E-state index contributed by atoms with van der Waals surface area (Å²) in [5.74, 6) is 0.376. The Morgan fingerprint density at radius 2 is 1.77 bits per heavy atom. The molecule has 7 heteroatoms. The van der Waals surface area contributed by atoms with Gasteiger partial charge in [-0.05, 0) is 31.2 Å². The minimum atomic E-state index is -0.557. The zero-order chi connectivity index (χ0) is 19.1. The van der Waals surface area contributed by atoms with E-state index in [0.29, 0.717) is 40.5 Å². The number of hydrogen-bond acceptors (Lipinski definition) is 7. The van der Waals surface area contributed by atoms with Crippen molar-refractivity contribution in [2.24, 2.45) is 0 Å². The molecule has 0 saturated heterocycles. The van der Waals surface area contributed by atoms with Crippen molar-refractivity contribution in [3.63, 3.8) is 0 Å². The molecule has 138 valence electrons. The maximum atomic E-state index is 12.4. The Kier molecular flexibility index (Phi) is 6.54. The highest BCUT2D eigenvalue weighted by molar-refractivity contribution is 5.92. The molecule has 0 N–H and O–H groups in total. The van der Waals surface area contributed by atoms with Crippen molar-refractivity contribution >= 4 is 11.9 Å². The van der Waals surface area contributed by atoms with Crippen LogP contribution in [0.5, 0.6) is 17.2 Å². The second-order valence-corrected chi connectivity index (χ2v) is 5.40. The lowest BCUT2D eigenvalue weighted by atomic mass is 10.2. The first kappa shape index (κ1) is 19.2. The van der Waals surface area contributed by atoms with Crippen molar-refractivity contribution in [1.29, 1.82) is 0 Å². The number of carbonyl (C=O) groups is 2. The molecule has 0 radical (unpaired) electrons. The Balaban J connectivity index is 2.16. The lowest BCUT2D eigenvalue weighted by Gasteiger charge is -2.11. The van der Waals surface area contributed by atoms with Gasteiger partial charge in [-0.3, -0.25) is 9.78 Å². The van der Waals surface area contributed by atoms with Gasteiger partial charge in [-0.2, -0.15) is 0 Å². The van der Waals surface area contributed by atoms with E-state index in [0.717, 1.165) is 0 Å². The minimum absolute atomic E-state index is 0.0703. The molecule has 0 amide bonds. The number of methoxy groups -OCH3 is 2. The van der Waals surface area contributed by atoms with Crippen LogP contribution in [0, 0.1) is 6.92 Å². The molecular formula is C19H21NO6. The van der Waals surface area contributed by atoms with Gasteiger partial charge in [0.1, 0.15) is 6.61 Å². The van der Waals surface area contributed by atoms with E-state index in [9.17, 15) is 9.59 Å². The van der Waals surface area contributed by atoms with Crippen LogP contribution in [-0.4, -0.2) is 31.1 Å². The Bertz CT molecular complexity index is 803. The standard InChI is InChI=1S/C19H21NO6/c1-5-18(21)25-11-13-8-16(12(2)20-10-13)26-19(22)14-6-7-15(23-3)17(9-14)24-4/h6-10H,5,11H2,1-4H3. The first-order valence-electron chi connectivity index (χ1n) is 8.03. The highest BCUT2D eigenvalue weighted by atomic mass is 16.5. The molecular weight excluding hydrogens is 338 g/mol. The number of hydrogen-bond donors (Lipinski definition) is 0. The van der Waals surface area contributed by atoms with Gasteiger partial charge in [0.25, 0.3) is 0 Å². The molecule has 2 aromatic rings. The van der Waals surface area contributed by atoms with E-state index < -0.39 is 5.97 Å². The second-order valence-electron chi connectivity index (χ2n) is 5.40. The zero-order valence-corrected chi connectivity index (χ0v) is 15.2. The number of ether oxygens (including phenoxy) is 4. The predicted octanol–water partition coefficient (Wildman–Crippen LogP) is 3.08. The quantitative estimate of drug-likeness (QED) is 0.702. The fourth-order valence-corrected chi connectivity index (χ4v) is 2.12. The molecule has 1 aromatic heterocycles. The first-order chi connectivity index (χ1) is 12.5. The maximum Gasteiger partial charge on any atom is 0.343 e. The third-order valence-electron chi connectivity index (χ3n) is 3.61. The molecule has 1 aromatic carbocycles. The summed E-state index contributed by atoms with van der Waals surface area (Å²) < 4.78 is 20.8. The summed E-state index contributed by atoms with van der Waals surface area (Å²) in [5.41, 5.74) is 1.49. The van der Waals surface area contributed by atoms with Gasteiger partial charge in [0, 0.05) is 18.2 Å². The Morgan fingerprint density at radius 1 is 1.04 bits per heavy atom. The van der Waals surface area contributed by atoms with Crippen LogP contribution in [-0.2, 0) is 16.1 Å². The smallest absolute Gasteiger partial charge is 0.343 e. The molecule has 0 fully saturated rings. The van der Waals surface area contributed by atoms with E-state index >= 15 is 0 Å². The molecule has 0 saturated carbocycles. The molecule has 7 nitrogen and oxygen atoms in total. The van der Waals surface area contributed by atoms with Crippen molar-refractivity contribution in [3.8, 4) is 17.2 Å². The van der Waals surface area contributed by atoms with E-state index in [4.69, 9.17) is 18.9 Å². The molecule has 1 heterocycles. The van der Waals surface area contributed by atoms with Crippen molar-refractivity contribution in [3.05, 3.63) is 47.3 Å². The highest BCUT2D eigenvalue weighted by Crippen LogP contribution is 2.28. The largest absolute Gasteiger partial charge is 0.493 e.